The van der Waals surface area contributed by atoms with Gasteiger partial charge in [0.15, 0.2) is 0 Å². The summed E-state index contributed by atoms with van der Waals surface area (Å²) in [6.45, 7) is 4.57. The van der Waals surface area contributed by atoms with Crippen molar-refractivity contribution in [1.82, 2.24) is 0 Å². The Bertz CT molecular complexity index is 473. The van der Waals surface area contributed by atoms with E-state index >= 15 is 0 Å². The quantitative estimate of drug-likeness (QED) is 0.892. The summed E-state index contributed by atoms with van der Waals surface area (Å²) in [7, 11) is 0. The summed E-state index contributed by atoms with van der Waals surface area (Å²) in [5, 5.41) is 3.58. The summed E-state index contributed by atoms with van der Waals surface area (Å²) < 4.78 is 0. The molecule has 4 heteroatoms. The van der Waals surface area contributed by atoms with Crippen LogP contribution in [0, 0.1) is 18.3 Å². The summed E-state index contributed by atoms with van der Waals surface area (Å²) in [6, 6.07) is 5.62. The van der Waals surface area contributed by atoms with Gasteiger partial charge in [-0.1, -0.05) is 30.7 Å². The van der Waals surface area contributed by atoms with Crippen LogP contribution in [-0.4, -0.2) is 12.5 Å². The van der Waals surface area contributed by atoms with E-state index in [-0.39, 0.29) is 5.91 Å². The molecule has 1 aromatic rings. The lowest BCUT2D eigenvalue weighted by Crippen LogP contribution is -2.45. The van der Waals surface area contributed by atoms with Crippen LogP contribution in [0.5, 0.6) is 0 Å². The summed E-state index contributed by atoms with van der Waals surface area (Å²) in [5.74, 6) is 0.702. The molecule has 1 aliphatic carbocycles. The molecule has 0 aromatic heterocycles. The van der Waals surface area contributed by atoms with Crippen LogP contribution < -0.4 is 11.1 Å². The first kappa shape index (κ1) is 15.3. The van der Waals surface area contributed by atoms with E-state index in [1.54, 1.807) is 6.07 Å². The van der Waals surface area contributed by atoms with Gasteiger partial charge in [0.25, 0.3) is 0 Å². The maximum absolute atomic E-state index is 12.7. The Morgan fingerprint density at radius 1 is 1.45 bits per heavy atom. The lowest BCUT2D eigenvalue weighted by Gasteiger charge is -2.37. The molecule has 110 valence electrons. The molecular formula is C16H23ClN2O. The Kier molecular flexibility index (Phi) is 4.71. The van der Waals surface area contributed by atoms with Gasteiger partial charge < -0.3 is 11.1 Å². The number of benzene rings is 1. The van der Waals surface area contributed by atoms with Gasteiger partial charge in [-0.05, 0) is 50.2 Å². The average Bonchev–Trinajstić information content (AvgIpc) is 2.44. The monoisotopic (exact) mass is 294 g/mol. The molecule has 2 rings (SSSR count). The minimum atomic E-state index is -0.432. The number of halogens is 1. The Morgan fingerprint density at radius 2 is 2.10 bits per heavy atom. The predicted molar refractivity (Wildman–Crippen MR) is 83.9 cm³/mol. The van der Waals surface area contributed by atoms with Crippen molar-refractivity contribution in [3.8, 4) is 0 Å². The summed E-state index contributed by atoms with van der Waals surface area (Å²) in [4.78, 5) is 12.7. The van der Waals surface area contributed by atoms with Crippen molar-refractivity contribution >= 4 is 23.2 Å². The van der Waals surface area contributed by atoms with Crippen molar-refractivity contribution in [3.63, 3.8) is 0 Å². The maximum atomic E-state index is 12.7. The number of nitrogens with one attached hydrogen (secondary N) is 1. The molecule has 20 heavy (non-hydrogen) atoms. The molecule has 0 radical (unpaired) electrons. The van der Waals surface area contributed by atoms with Crippen LogP contribution in [0.3, 0.4) is 0 Å². The molecule has 0 unspecified atom stereocenters. The molecular weight excluding hydrogens is 272 g/mol. The number of para-hydroxylation sites is 1. The predicted octanol–water partition coefficient (Wildman–Crippen LogP) is 3.74. The largest absolute Gasteiger partial charge is 0.329 e. The SMILES string of the molecule is Cc1cccc(Cl)c1NC(=O)C1(CN)CCC(C)CC1. The molecule has 3 N–H and O–H groups in total. The van der Waals surface area contributed by atoms with Crippen LogP contribution in [0.2, 0.25) is 5.02 Å². The van der Waals surface area contributed by atoms with Crippen LogP contribution in [0.4, 0.5) is 5.69 Å². The Balaban J connectivity index is 2.18. The smallest absolute Gasteiger partial charge is 0.231 e. The molecule has 1 saturated carbocycles. The Hall–Kier alpha value is -1.06. The number of aryl methyl sites for hydroxylation is 1. The first-order chi connectivity index (χ1) is 9.48. The minimum absolute atomic E-state index is 0.0168. The summed E-state index contributed by atoms with van der Waals surface area (Å²) in [5.41, 5.74) is 7.18. The Labute approximate surface area is 125 Å². The zero-order valence-electron chi connectivity index (χ0n) is 12.2. The summed E-state index contributed by atoms with van der Waals surface area (Å²) >= 11 is 6.18. The number of amides is 1. The van der Waals surface area contributed by atoms with Crippen molar-refractivity contribution < 1.29 is 4.79 Å². The molecule has 0 atom stereocenters. The van der Waals surface area contributed by atoms with Crippen molar-refractivity contribution in [3.05, 3.63) is 28.8 Å². The number of carbonyl (C=O) groups is 1. The van der Waals surface area contributed by atoms with E-state index in [2.05, 4.69) is 12.2 Å². The molecule has 1 aliphatic rings. The number of hydrogen-bond donors (Lipinski definition) is 2. The third kappa shape index (κ3) is 2.99. The molecule has 0 saturated heterocycles. The highest BCUT2D eigenvalue weighted by atomic mass is 35.5. The van der Waals surface area contributed by atoms with Gasteiger partial charge in [-0.2, -0.15) is 0 Å². The molecule has 0 aliphatic heterocycles. The number of carbonyl (C=O) groups excluding carboxylic acids is 1. The van der Waals surface area contributed by atoms with E-state index in [0.29, 0.717) is 23.2 Å². The second-order valence-corrected chi connectivity index (χ2v) is 6.46. The standard InChI is InChI=1S/C16H23ClN2O/c1-11-6-8-16(10-18,9-7-11)15(20)19-14-12(2)4-3-5-13(14)17/h3-5,11H,6-10,18H2,1-2H3,(H,19,20). The van der Waals surface area contributed by atoms with Gasteiger partial charge in [0.1, 0.15) is 0 Å². The minimum Gasteiger partial charge on any atom is -0.329 e. The third-order valence-corrected chi connectivity index (χ3v) is 4.88. The van der Waals surface area contributed by atoms with Gasteiger partial charge >= 0.3 is 0 Å². The highest BCUT2D eigenvalue weighted by molar-refractivity contribution is 6.34. The van der Waals surface area contributed by atoms with E-state index in [4.69, 9.17) is 17.3 Å². The van der Waals surface area contributed by atoms with Crippen LogP contribution in [0.1, 0.15) is 38.2 Å². The topological polar surface area (TPSA) is 55.1 Å². The van der Waals surface area contributed by atoms with E-state index in [1.807, 2.05) is 19.1 Å². The highest BCUT2D eigenvalue weighted by Crippen LogP contribution is 2.39. The van der Waals surface area contributed by atoms with Crippen molar-refractivity contribution in [1.29, 1.82) is 0 Å². The number of nitrogens with two attached hydrogens (primary N) is 1. The molecule has 1 fully saturated rings. The van der Waals surface area contributed by atoms with Gasteiger partial charge in [-0.3, -0.25) is 4.79 Å². The second kappa shape index (κ2) is 6.15. The Morgan fingerprint density at radius 3 is 2.65 bits per heavy atom. The zero-order valence-corrected chi connectivity index (χ0v) is 13.0. The van der Waals surface area contributed by atoms with Crippen molar-refractivity contribution in [2.45, 2.75) is 39.5 Å². The van der Waals surface area contributed by atoms with Gasteiger partial charge in [-0.15, -0.1) is 0 Å². The molecule has 1 amide bonds. The molecule has 0 bridgehead atoms. The maximum Gasteiger partial charge on any atom is 0.231 e. The van der Waals surface area contributed by atoms with Crippen molar-refractivity contribution in [2.75, 3.05) is 11.9 Å². The first-order valence-electron chi connectivity index (χ1n) is 7.25. The third-order valence-electron chi connectivity index (χ3n) is 4.56. The second-order valence-electron chi connectivity index (χ2n) is 6.05. The van der Waals surface area contributed by atoms with E-state index < -0.39 is 5.41 Å². The van der Waals surface area contributed by atoms with E-state index in [1.165, 1.54) is 0 Å². The first-order valence-corrected chi connectivity index (χ1v) is 7.63. The van der Waals surface area contributed by atoms with Gasteiger partial charge in [0, 0.05) is 6.54 Å². The lowest BCUT2D eigenvalue weighted by molar-refractivity contribution is -0.127. The average molecular weight is 295 g/mol. The van der Waals surface area contributed by atoms with Crippen LogP contribution in [-0.2, 0) is 4.79 Å². The number of anilines is 1. The summed E-state index contributed by atoms with van der Waals surface area (Å²) in [6.07, 6.45) is 3.85. The zero-order chi connectivity index (χ0) is 14.8. The highest BCUT2D eigenvalue weighted by Gasteiger charge is 2.40. The fraction of sp³-hybridized carbons (Fsp3) is 0.562. The van der Waals surface area contributed by atoms with Crippen LogP contribution in [0.15, 0.2) is 18.2 Å². The van der Waals surface area contributed by atoms with E-state index in [0.717, 1.165) is 31.2 Å². The molecule has 0 heterocycles. The van der Waals surface area contributed by atoms with Gasteiger partial charge in [-0.25, -0.2) is 0 Å². The fourth-order valence-corrected chi connectivity index (χ4v) is 3.14. The number of hydrogen-bond acceptors (Lipinski definition) is 2. The lowest BCUT2D eigenvalue weighted by atomic mass is 9.70. The fourth-order valence-electron chi connectivity index (χ4n) is 2.87. The van der Waals surface area contributed by atoms with Crippen molar-refractivity contribution in [2.24, 2.45) is 17.1 Å². The molecule has 1 aromatic carbocycles. The van der Waals surface area contributed by atoms with Crippen LogP contribution in [0.25, 0.3) is 0 Å². The van der Waals surface area contributed by atoms with Gasteiger partial charge in [0.2, 0.25) is 5.91 Å². The molecule has 3 nitrogen and oxygen atoms in total. The van der Waals surface area contributed by atoms with Gasteiger partial charge in [0.05, 0.1) is 16.1 Å². The number of rotatable bonds is 3. The normalized spacial score (nSPS) is 26.3. The molecule has 0 spiro atoms. The van der Waals surface area contributed by atoms with Crippen LogP contribution >= 0.6 is 11.6 Å². The van der Waals surface area contributed by atoms with E-state index in [9.17, 15) is 4.79 Å².